The Bertz CT molecular complexity index is 574. The molecule has 98 valence electrons. The summed E-state index contributed by atoms with van der Waals surface area (Å²) in [5.41, 5.74) is 1.75. The van der Waals surface area contributed by atoms with Crippen molar-refractivity contribution in [2.24, 2.45) is 0 Å². The third kappa shape index (κ3) is 3.28. The first-order valence-corrected chi connectivity index (χ1v) is 6.01. The summed E-state index contributed by atoms with van der Waals surface area (Å²) in [4.78, 5) is 0. The highest BCUT2D eigenvalue weighted by Gasteiger charge is 2.07. The molecule has 0 aliphatic rings. The van der Waals surface area contributed by atoms with E-state index in [2.05, 4.69) is 0 Å². The third-order valence-electron chi connectivity index (χ3n) is 2.83. The van der Waals surface area contributed by atoms with Crippen molar-refractivity contribution in [1.29, 1.82) is 0 Å². The highest BCUT2D eigenvalue weighted by Crippen LogP contribution is 2.33. The molecule has 0 aliphatic carbocycles. The van der Waals surface area contributed by atoms with E-state index in [0.717, 1.165) is 5.56 Å². The summed E-state index contributed by atoms with van der Waals surface area (Å²) in [5, 5.41) is 19.5. The fraction of sp³-hybridized carbons (Fsp3) is 0.125. The maximum absolute atomic E-state index is 9.82. The van der Waals surface area contributed by atoms with Gasteiger partial charge in [-0.15, -0.1) is 0 Å². The number of hydrogen-bond acceptors (Lipinski definition) is 3. The predicted octanol–water partition coefficient (Wildman–Crippen LogP) is 3.36. The number of phenols is 2. The van der Waals surface area contributed by atoms with Crippen LogP contribution < -0.4 is 4.74 Å². The molecule has 3 heteroatoms. The highest BCUT2D eigenvalue weighted by atomic mass is 16.5. The van der Waals surface area contributed by atoms with Crippen LogP contribution in [0, 0.1) is 0 Å². The van der Waals surface area contributed by atoms with Gasteiger partial charge >= 0.3 is 0 Å². The van der Waals surface area contributed by atoms with Crippen LogP contribution in [0.15, 0.2) is 48.5 Å². The van der Waals surface area contributed by atoms with Crippen LogP contribution in [0.1, 0.15) is 11.1 Å². The van der Waals surface area contributed by atoms with Crippen LogP contribution >= 0.6 is 0 Å². The minimum atomic E-state index is 0.0309. The van der Waals surface area contributed by atoms with Crippen molar-refractivity contribution >= 4 is 6.08 Å². The SMILES string of the molecule is COc1cc(O)c(CC=Cc2ccccc2)cc1O. The van der Waals surface area contributed by atoms with Gasteiger partial charge in [0.15, 0.2) is 11.5 Å². The van der Waals surface area contributed by atoms with Gasteiger partial charge in [0, 0.05) is 11.6 Å². The zero-order valence-electron chi connectivity index (χ0n) is 10.7. The Morgan fingerprint density at radius 3 is 2.47 bits per heavy atom. The van der Waals surface area contributed by atoms with Crippen LogP contribution in [-0.4, -0.2) is 17.3 Å². The van der Waals surface area contributed by atoms with Crippen molar-refractivity contribution in [3.63, 3.8) is 0 Å². The molecular weight excluding hydrogens is 240 g/mol. The second-order valence-corrected chi connectivity index (χ2v) is 4.17. The molecule has 0 radical (unpaired) electrons. The molecule has 2 rings (SSSR count). The largest absolute Gasteiger partial charge is 0.508 e. The van der Waals surface area contributed by atoms with Gasteiger partial charge in [0.2, 0.25) is 0 Å². The summed E-state index contributed by atoms with van der Waals surface area (Å²) in [5.74, 6) is 0.420. The molecule has 2 aromatic carbocycles. The van der Waals surface area contributed by atoms with Crippen molar-refractivity contribution in [2.45, 2.75) is 6.42 Å². The molecule has 2 N–H and O–H groups in total. The molecule has 0 aromatic heterocycles. The lowest BCUT2D eigenvalue weighted by atomic mass is 10.1. The predicted molar refractivity (Wildman–Crippen MR) is 75.5 cm³/mol. The van der Waals surface area contributed by atoms with E-state index in [1.54, 1.807) is 0 Å². The van der Waals surface area contributed by atoms with E-state index < -0.39 is 0 Å². The number of hydrogen-bond donors (Lipinski definition) is 2. The number of allylic oxidation sites excluding steroid dienone is 1. The van der Waals surface area contributed by atoms with Gasteiger partial charge in [-0.2, -0.15) is 0 Å². The first-order valence-electron chi connectivity index (χ1n) is 6.01. The number of phenolic OH excluding ortho intramolecular Hbond substituents is 2. The molecule has 19 heavy (non-hydrogen) atoms. The zero-order chi connectivity index (χ0) is 13.7. The monoisotopic (exact) mass is 256 g/mol. The number of ether oxygens (including phenoxy) is 1. The number of benzene rings is 2. The molecule has 2 aromatic rings. The normalized spacial score (nSPS) is 10.8. The van der Waals surface area contributed by atoms with Crippen LogP contribution in [0.4, 0.5) is 0 Å². The lowest BCUT2D eigenvalue weighted by molar-refractivity contribution is 0.367. The molecular formula is C16H16O3. The van der Waals surface area contributed by atoms with Crippen molar-refractivity contribution in [2.75, 3.05) is 7.11 Å². The van der Waals surface area contributed by atoms with Gasteiger partial charge in [-0.05, 0) is 18.1 Å². The quantitative estimate of drug-likeness (QED) is 0.825. The van der Waals surface area contributed by atoms with E-state index in [0.29, 0.717) is 12.0 Å². The van der Waals surface area contributed by atoms with Crippen LogP contribution in [0.25, 0.3) is 6.08 Å². The van der Waals surface area contributed by atoms with E-state index in [4.69, 9.17) is 4.74 Å². The van der Waals surface area contributed by atoms with E-state index in [1.807, 2.05) is 42.5 Å². The van der Waals surface area contributed by atoms with Crippen molar-refractivity contribution in [3.05, 3.63) is 59.7 Å². The molecule has 0 bridgehead atoms. The fourth-order valence-corrected chi connectivity index (χ4v) is 1.81. The minimum Gasteiger partial charge on any atom is -0.508 e. The third-order valence-corrected chi connectivity index (χ3v) is 2.83. The molecule has 0 fully saturated rings. The summed E-state index contributed by atoms with van der Waals surface area (Å²) < 4.78 is 4.93. The van der Waals surface area contributed by atoms with Gasteiger partial charge in [0.25, 0.3) is 0 Å². The Balaban J connectivity index is 2.12. The van der Waals surface area contributed by atoms with E-state index in [1.165, 1.54) is 19.2 Å². The summed E-state index contributed by atoms with van der Waals surface area (Å²) in [7, 11) is 1.45. The smallest absolute Gasteiger partial charge is 0.164 e. The van der Waals surface area contributed by atoms with Crippen LogP contribution in [0.3, 0.4) is 0 Å². The Labute approximate surface area is 112 Å². The Hall–Kier alpha value is -2.42. The number of rotatable bonds is 4. The first-order chi connectivity index (χ1) is 9.20. The average molecular weight is 256 g/mol. The Morgan fingerprint density at radius 2 is 1.79 bits per heavy atom. The molecule has 0 amide bonds. The molecule has 0 saturated heterocycles. The van der Waals surface area contributed by atoms with Gasteiger partial charge in [-0.3, -0.25) is 0 Å². The topological polar surface area (TPSA) is 49.7 Å². The van der Waals surface area contributed by atoms with Crippen molar-refractivity contribution in [1.82, 2.24) is 0 Å². The standard InChI is InChI=1S/C16H16O3/c1-19-16-11-14(17)13(10-15(16)18)9-5-8-12-6-3-2-4-7-12/h2-8,10-11,17-18H,9H2,1H3. The van der Waals surface area contributed by atoms with Crippen LogP contribution in [0.2, 0.25) is 0 Å². The van der Waals surface area contributed by atoms with E-state index >= 15 is 0 Å². The summed E-state index contributed by atoms with van der Waals surface area (Å²) in [6, 6.07) is 12.8. The number of aromatic hydroxyl groups is 2. The second kappa shape index (κ2) is 5.96. The van der Waals surface area contributed by atoms with Gasteiger partial charge < -0.3 is 14.9 Å². The van der Waals surface area contributed by atoms with Crippen molar-refractivity contribution < 1.29 is 14.9 Å². The fourth-order valence-electron chi connectivity index (χ4n) is 1.81. The molecule has 0 aliphatic heterocycles. The van der Waals surface area contributed by atoms with E-state index in [9.17, 15) is 10.2 Å². The molecule has 0 atom stereocenters. The maximum Gasteiger partial charge on any atom is 0.164 e. The summed E-state index contributed by atoms with van der Waals surface area (Å²) >= 11 is 0. The van der Waals surface area contributed by atoms with Crippen LogP contribution in [-0.2, 0) is 6.42 Å². The maximum atomic E-state index is 9.82. The second-order valence-electron chi connectivity index (χ2n) is 4.17. The van der Waals surface area contributed by atoms with Gasteiger partial charge in [0.1, 0.15) is 5.75 Å². The molecule has 3 nitrogen and oxygen atoms in total. The van der Waals surface area contributed by atoms with Gasteiger partial charge in [0.05, 0.1) is 7.11 Å². The van der Waals surface area contributed by atoms with Gasteiger partial charge in [-0.1, -0.05) is 42.5 Å². The van der Waals surface area contributed by atoms with Crippen LogP contribution in [0.5, 0.6) is 17.2 Å². The van der Waals surface area contributed by atoms with E-state index in [-0.39, 0.29) is 17.2 Å². The minimum absolute atomic E-state index is 0.0309. The highest BCUT2D eigenvalue weighted by molar-refractivity contribution is 5.53. The summed E-state index contributed by atoms with van der Waals surface area (Å²) in [6.45, 7) is 0. The Kier molecular flexibility index (Phi) is 4.08. The summed E-state index contributed by atoms with van der Waals surface area (Å²) in [6.07, 6.45) is 4.45. The molecule has 0 saturated carbocycles. The Morgan fingerprint density at radius 1 is 1.05 bits per heavy atom. The molecule has 0 spiro atoms. The van der Waals surface area contributed by atoms with Gasteiger partial charge in [-0.25, -0.2) is 0 Å². The zero-order valence-corrected chi connectivity index (χ0v) is 10.7. The molecule has 0 unspecified atom stereocenters. The number of methoxy groups -OCH3 is 1. The van der Waals surface area contributed by atoms with Crippen molar-refractivity contribution in [3.8, 4) is 17.2 Å². The lowest BCUT2D eigenvalue weighted by Crippen LogP contribution is -1.88. The first kappa shape index (κ1) is 13.0. The lowest BCUT2D eigenvalue weighted by Gasteiger charge is -2.07. The average Bonchev–Trinajstić information content (AvgIpc) is 2.43. The molecule has 0 heterocycles.